The summed E-state index contributed by atoms with van der Waals surface area (Å²) in [6.45, 7) is 1.99. The first-order valence-electron chi connectivity index (χ1n) is 6.56. The van der Waals surface area contributed by atoms with Gasteiger partial charge in [-0.2, -0.15) is 0 Å². The minimum Gasteiger partial charge on any atom is -0.484 e. The van der Waals surface area contributed by atoms with E-state index in [0.717, 1.165) is 5.56 Å². The van der Waals surface area contributed by atoms with Gasteiger partial charge >= 0.3 is 0 Å². The van der Waals surface area contributed by atoms with Gasteiger partial charge in [0.2, 0.25) is 0 Å². The molecule has 0 aliphatic heterocycles. The number of carbonyl (C=O) groups excluding carboxylic acids is 1. The average Bonchev–Trinajstić information content (AvgIpc) is 2.49. The molecule has 0 aliphatic rings. The maximum Gasteiger partial charge on any atom is 0.262 e. The highest BCUT2D eigenvalue weighted by Gasteiger charge is 2.05. The highest BCUT2D eigenvalue weighted by atomic mass is 19.1. The van der Waals surface area contributed by atoms with Crippen LogP contribution in [0.15, 0.2) is 42.5 Å². The minimum absolute atomic E-state index is 0.113. The number of aryl methyl sites for hydroxylation is 1. The Hall–Kier alpha value is -2.40. The van der Waals surface area contributed by atoms with E-state index in [1.165, 1.54) is 12.1 Å². The zero-order chi connectivity index (χ0) is 15.2. The van der Waals surface area contributed by atoms with Crippen molar-refractivity contribution in [3.8, 4) is 5.75 Å². The summed E-state index contributed by atoms with van der Waals surface area (Å²) in [5.74, 6) is -0.00853. The molecule has 4 nitrogen and oxygen atoms in total. The lowest BCUT2D eigenvalue weighted by molar-refractivity contribution is -0.118. The standard InChI is InChI=1S/C16H17FN2O2/c1-11-8-13(4-7-15(11)17)19-16(20)10-21-14-5-2-12(9-18)3-6-14/h2-8H,9-10,18H2,1H3,(H,19,20). The quantitative estimate of drug-likeness (QED) is 0.889. The van der Waals surface area contributed by atoms with Gasteiger partial charge in [0.05, 0.1) is 0 Å². The molecule has 0 radical (unpaired) electrons. The number of anilines is 1. The lowest BCUT2D eigenvalue weighted by atomic mass is 10.2. The van der Waals surface area contributed by atoms with Gasteiger partial charge in [0, 0.05) is 12.2 Å². The molecule has 2 aromatic carbocycles. The van der Waals surface area contributed by atoms with Gasteiger partial charge in [-0.3, -0.25) is 4.79 Å². The monoisotopic (exact) mass is 288 g/mol. The van der Waals surface area contributed by atoms with Gasteiger partial charge < -0.3 is 15.8 Å². The number of nitrogens with two attached hydrogens (primary N) is 1. The van der Waals surface area contributed by atoms with Crippen molar-refractivity contribution in [2.24, 2.45) is 5.73 Å². The van der Waals surface area contributed by atoms with E-state index in [4.69, 9.17) is 10.5 Å². The molecule has 0 saturated heterocycles. The highest BCUT2D eigenvalue weighted by molar-refractivity contribution is 5.91. The van der Waals surface area contributed by atoms with Gasteiger partial charge in [0.15, 0.2) is 6.61 Å². The fourth-order valence-electron chi connectivity index (χ4n) is 1.79. The number of hydrogen-bond acceptors (Lipinski definition) is 3. The minimum atomic E-state index is -0.302. The molecule has 0 atom stereocenters. The molecular formula is C16H17FN2O2. The number of ether oxygens (including phenoxy) is 1. The molecule has 2 rings (SSSR count). The Bertz CT molecular complexity index is 627. The van der Waals surface area contributed by atoms with Crippen LogP contribution in [0.3, 0.4) is 0 Å². The number of nitrogens with one attached hydrogen (secondary N) is 1. The summed E-state index contributed by atoms with van der Waals surface area (Å²) in [6, 6.07) is 11.6. The topological polar surface area (TPSA) is 64.3 Å². The summed E-state index contributed by atoms with van der Waals surface area (Å²) in [5.41, 5.74) is 7.51. The molecule has 0 aliphatic carbocycles. The third-order valence-electron chi connectivity index (χ3n) is 2.97. The van der Waals surface area contributed by atoms with E-state index >= 15 is 0 Å². The maximum atomic E-state index is 13.1. The van der Waals surface area contributed by atoms with Crippen LogP contribution in [0.25, 0.3) is 0 Å². The first-order chi connectivity index (χ1) is 10.1. The summed E-state index contributed by atoms with van der Waals surface area (Å²) in [7, 11) is 0. The maximum absolute atomic E-state index is 13.1. The molecule has 0 bridgehead atoms. The third-order valence-corrected chi connectivity index (χ3v) is 2.97. The Morgan fingerprint density at radius 3 is 2.57 bits per heavy atom. The predicted molar refractivity (Wildman–Crippen MR) is 79.6 cm³/mol. The second-order valence-electron chi connectivity index (χ2n) is 4.65. The Balaban J connectivity index is 1.87. The molecule has 0 aromatic heterocycles. The fourth-order valence-corrected chi connectivity index (χ4v) is 1.79. The number of carbonyl (C=O) groups is 1. The van der Waals surface area contributed by atoms with E-state index in [9.17, 15) is 9.18 Å². The lowest BCUT2D eigenvalue weighted by Crippen LogP contribution is -2.20. The van der Waals surface area contributed by atoms with Gasteiger partial charge in [0.1, 0.15) is 11.6 Å². The molecule has 2 aromatic rings. The Morgan fingerprint density at radius 1 is 1.24 bits per heavy atom. The second-order valence-corrected chi connectivity index (χ2v) is 4.65. The van der Waals surface area contributed by atoms with Crippen LogP contribution in [-0.4, -0.2) is 12.5 Å². The van der Waals surface area contributed by atoms with Crippen molar-refractivity contribution in [1.29, 1.82) is 0 Å². The number of rotatable bonds is 5. The number of hydrogen-bond donors (Lipinski definition) is 2. The van der Waals surface area contributed by atoms with Gasteiger partial charge in [0.25, 0.3) is 5.91 Å². The van der Waals surface area contributed by atoms with Gasteiger partial charge in [-0.15, -0.1) is 0 Å². The van der Waals surface area contributed by atoms with Crippen LogP contribution < -0.4 is 15.8 Å². The van der Waals surface area contributed by atoms with E-state index in [0.29, 0.717) is 23.5 Å². The molecule has 0 fully saturated rings. The van der Waals surface area contributed by atoms with E-state index < -0.39 is 0 Å². The van der Waals surface area contributed by atoms with E-state index in [-0.39, 0.29) is 18.3 Å². The molecule has 3 N–H and O–H groups in total. The predicted octanol–water partition coefficient (Wildman–Crippen LogP) is 2.61. The molecule has 21 heavy (non-hydrogen) atoms. The molecule has 0 spiro atoms. The highest BCUT2D eigenvalue weighted by Crippen LogP contribution is 2.14. The van der Waals surface area contributed by atoms with Crippen molar-refractivity contribution >= 4 is 11.6 Å². The largest absolute Gasteiger partial charge is 0.484 e. The smallest absolute Gasteiger partial charge is 0.262 e. The number of benzene rings is 2. The van der Waals surface area contributed by atoms with Crippen molar-refractivity contribution in [1.82, 2.24) is 0 Å². The Kier molecular flexibility index (Phi) is 4.90. The van der Waals surface area contributed by atoms with Crippen molar-refractivity contribution in [2.75, 3.05) is 11.9 Å². The number of halogens is 1. The molecule has 0 heterocycles. The van der Waals surface area contributed by atoms with Crippen molar-refractivity contribution in [2.45, 2.75) is 13.5 Å². The van der Waals surface area contributed by atoms with Crippen molar-refractivity contribution < 1.29 is 13.9 Å². The third kappa shape index (κ3) is 4.29. The van der Waals surface area contributed by atoms with Crippen LogP contribution in [-0.2, 0) is 11.3 Å². The first kappa shape index (κ1) is 15.0. The zero-order valence-corrected chi connectivity index (χ0v) is 11.7. The van der Waals surface area contributed by atoms with Gasteiger partial charge in [-0.05, 0) is 48.4 Å². The molecule has 0 unspecified atom stereocenters. The van der Waals surface area contributed by atoms with E-state index in [1.807, 2.05) is 12.1 Å². The summed E-state index contributed by atoms with van der Waals surface area (Å²) < 4.78 is 18.5. The normalized spacial score (nSPS) is 10.2. The van der Waals surface area contributed by atoms with Crippen LogP contribution in [0.5, 0.6) is 5.75 Å². The van der Waals surface area contributed by atoms with Gasteiger partial charge in [-0.1, -0.05) is 12.1 Å². The summed E-state index contributed by atoms with van der Waals surface area (Å²) in [6.07, 6.45) is 0. The van der Waals surface area contributed by atoms with Gasteiger partial charge in [-0.25, -0.2) is 4.39 Å². The zero-order valence-electron chi connectivity index (χ0n) is 11.7. The van der Waals surface area contributed by atoms with Crippen LogP contribution in [0.2, 0.25) is 0 Å². The second kappa shape index (κ2) is 6.85. The summed E-state index contributed by atoms with van der Waals surface area (Å²) in [4.78, 5) is 11.8. The number of amides is 1. The lowest BCUT2D eigenvalue weighted by Gasteiger charge is -2.08. The first-order valence-corrected chi connectivity index (χ1v) is 6.56. The van der Waals surface area contributed by atoms with Crippen LogP contribution in [0.1, 0.15) is 11.1 Å². The molecular weight excluding hydrogens is 271 g/mol. The van der Waals surface area contributed by atoms with Crippen molar-refractivity contribution in [3.63, 3.8) is 0 Å². The summed E-state index contributed by atoms with van der Waals surface area (Å²) >= 11 is 0. The molecule has 0 saturated carbocycles. The SMILES string of the molecule is Cc1cc(NC(=O)COc2ccc(CN)cc2)ccc1F. The van der Waals surface area contributed by atoms with Crippen LogP contribution >= 0.6 is 0 Å². The van der Waals surface area contributed by atoms with E-state index in [2.05, 4.69) is 5.32 Å². The molecule has 1 amide bonds. The summed E-state index contributed by atoms with van der Waals surface area (Å²) in [5, 5.41) is 2.65. The Labute approximate surface area is 122 Å². The van der Waals surface area contributed by atoms with E-state index in [1.54, 1.807) is 25.1 Å². The van der Waals surface area contributed by atoms with Crippen molar-refractivity contribution in [3.05, 3.63) is 59.4 Å². The molecule has 5 heteroatoms. The van der Waals surface area contributed by atoms with Crippen LogP contribution in [0, 0.1) is 12.7 Å². The Morgan fingerprint density at radius 2 is 1.95 bits per heavy atom. The fraction of sp³-hybridized carbons (Fsp3) is 0.188. The van der Waals surface area contributed by atoms with Crippen LogP contribution in [0.4, 0.5) is 10.1 Å². The molecule has 110 valence electrons. The average molecular weight is 288 g/mol.